The Hall–Kier alpha value is -3.21. The number of furan rings is 1. The van der Waals surface area contributed by atoms with Crippen LogP contribution < -0.4 is 15.8 Å². The summed E-state index contributed by atoms with van der Waals surface area (Å²) in [4.78, 5) is 11.8. The Kier molecular flexibility index (Phi) is 5.50. The van der Waals surface area contributed by atoms with Crippen LogP contribution in [0.2, 0.25) is 0 Å². The van der Waals surface area contributed by atoms with Gasteiger partial charge in [0.1, 0.15) is 11.3 Å². The normalized spacial score (nSPS) is 10.7. The van der Waals surface area contributed by atoms with Gasteiger partial charge in [-0.25, -0.2) is 0 Å². The molecular formula is C22H24N2O3. The third-order valence-corrected chi connectivity index (χ3v) is 4.47. The molecule has 5 heteroatoms. The standard InChI is InChI=1S/C22H24N2O3/c1-14-7-12-18-19(13-14)27-21(22(23)25)20(18)24-15(2)5-4-6-16-8-10-17(26-3)11-9-16/h7-13,24H,2,4-6H2,1,3H3,(H2,23,25). The van der Waals surface area contributed by atoms with Crippen molar-refractivity contribution >= 4 is 22.6 Å². The van der Waals surface area contributed by atoms with Gasteiger partial charge < -0.3 is 20.2 Å². The van der Waals surface area contributed by atoms with E-state index in [9.17, 15) is 4.79 Å². The van der Waals surface area contributed by atoms with Crippen molar-refractivity contribution in [1.29, 1.82) is 0 Å². The zero-order chi connectivity index (χ0) is 19.4. The quantitative estimate of drug-likeness (QED) is 0.602. The fraction of sp³-hybridized carbons (Fsp3) is 0.227. The van der Waals surface area contributed by atoms with Gasteiger partial charge in [-0.05, 0) is 61.6 Å². The lowest BCUT2D eigenvalue weighted by molar-refractivity contribution is 0.0977. The molecule has 0 aliphatic heterocycles. The number of rotatable bonds is 8. The van der Waals surface area contributed by atoms with Gasteiger partial charge in [-0.2, -0.15) is 0 Å². The number of carbonyl (C=O) groups is 1. The van der Waals surface area contributed by atoms with Crippen LogP contribution in [-0.4, -0.2) is 13.0 Å². The summed E-state index contributed by atoms with van der Waals surface area (Å²) in [5, 5.41) is 4.05. The van der Waals surface area contributed by atoms with Crippen LogP contribution in [0.15, 0.2) is 59.2 Å². The first-order valence-corrected chi connectivity index (χ1v) is 8.88. The Morgan fingerprint density at radius 1 is 1.22 bits per heavy atom. The molecule has 3 N–H and O–H groups in total. The number of allylic oxidation sites excluding steroid dienone is 1. The second kappa shape index (κ2) is 7.99. The molecule has 2 aromatic carbocycles. The second-order valence-electron chi connectivity index (χ2n) is 6.60. The maximum Gasteiger partial charge on any atom is 0.286 e. The molecule has 0 unspecified atom stereocenters. The van der Waals surface area contributed by atoms with Crippen molar-refractivity contribution < 1.29 is 13.9 Å². The van der Waals surface area contributed by atoms with E-state index in [1.54, 1.807) is 7.11 Å². The number of ether oxygens (including phenoxy) is 1. The molecule has 0 aliphatic rings. The predicted octanol–water partition coefficient (Wildman–Crippen LogP) is 4.80. The number of anilines is 1. The molecule has 0 saturated carbocycles. The highest BCUT2D eigenvalue weighted by Crippen LogP contribution is 2.32. The number of nitrogens with two attached hydrogens (primary N) is 1. The fourth-order valence-electron chi connectivity index (χ4n) is 3.04. The number of hydrogen-bond donors (Lipinski definition) is 2. The maximum atomic E-state index is 11.8. The lowest BCUT2D eigenvalue weighted by Gasteiger charge is -2.10. The topological polar surface area (TPSA) is 77.5 Å². The molecule has 1 aromatic heterocycles. The van der Waals surface area contributed by atoms with E-state index in [4.69, 9.17) is 14.9 Å². The highest BCUT2D eigenvalue weighted by Gasteiger charge is 2.19. The molecule has 0 fully saturated rings. The van der Waals surface area contributed by atoms with E-state index < -0.39 is 5.91 Å². The first-order valence-electron chi connectivity index (χ1n) is 8.88. The molecule has 1 heterocycles. The molecule has 0 radical (unpaired) electrons. The highest BCUT2D eigenvalue weighted by atomic mass is 16.5. The molecule has 3 aromatic rings. The highest BCUT2D eigenvalue weighted by molar-refractivity contribution is 6.06. The molecule has 5 nitrogen and oxygen atoms in total. The molecule has 3 rings (SSSR count). The van der Waals surface area contributed by atoms with E-state index >= 15 is 0 Å². The van der Waals surface area contributed by atoms with Crippen LogP contribution in [0.3, 0.4) is 0 Å². The van der Waals surface area contributed by atoms with Crippen LogP contribution in [0.5, 0.6) is 5.75 Å². The molecule has 0 aliphatic carbocycles. The zero-order valence-electron chi connectivity index (χ0n) is 15.7. The van der Waals surface area contributed by atoms with Gasteiger partial charge in [-0.3, -0.25) is 4.79 Å². The Morgan fingerprint density at radius 2 is 1.96 bits per heavy atom. The third-order valence-electron chi connectivity index (χ3n) is 4.47. The third kappa shape index (κ3) is 4.31. The lowest BCUT2D eigenvalue weighted by Crippen LogP contribution is -2.12. The van der Waals surface area contributed by atoms with Gasteiger partial charge in [-0.1, -0.05) is 24.8 Å². The number of benzene rings is 2. The monoisotopic (exact) mass is 364 g/mol. The van der Waals surface area contributed by atoms with Gasteiger partial charge in [0.2, 0.25) is 5.76 Å². The Labute approximate surface area is 158 Å². The number of aryl methyl sites for hydroxylation is 2. The minimum atomic E-state index is -0.600. The maximum absolute atomic E-state index is 11.8. The second-order valence-corrected chi connectivity index (χ2v) is 6.60. The van der Waals surface area contributed by atoms with Crippen LogP contribution in [0.1, 0.15) is 34.5 Å². The molecule has 0 saturated heterocycles. The van der Waals surface area contributed by atoms with E-state index in [1.807, 2.05) is 37.3 Å². The van der Waals surface area contributed by atoms with E-state index in [0.717, 1.165) is 41.7 Å². The molecule has 0 spiro atoms. The van der Waals surface area contributed by atoms with E-state index in [-0.39, 0.29) is 5.76 Å². The van der Waals surface area contributed by atoms with Crippen molar-refractivity contribution in [3.8, 4) is 5.75 Å². The van der Waals surface area contributed by atoms with Gasteiger partial charge in [0.15, 0.2) is 0 Å². The van der Waals surface area contributed by atoms with Crippen LogP contribution in [0.4, 0.5) is 5.69 Å². The number of primary amides is 1. The largest absolute Gasteiger partial charge is 0.497 e. The average Bonchev–Trinajstić information content (AvgIpc) is 3.00. The summed E-state index contributed by atoms with van der Waals surface area (Å²) in [5.74, 6) is 0.384. The van der Waals surface area contributed by atoms with E-state index in [1.165, 1.54) is 5.56 Å². The van der Waals surface area contributed by atoms with Crippen molar-refractivity contribution in [2.75, 3.05) is 12.4 Å². The Bertz CT molecular complexity index is 971. The van der Waals surface area contributed by atoms with E-state index in [2.05, 4.69) is 24.0 Å². The van der Waals surface area contributed by atoms with Crippen LogP contribution in [0, 0.1) is 6.92 Å². The van der Waals surface area contributed by atoms with Gasteiger partial charge in [-0.15, -0.1) is 0 Å². The summed E-state index contributed by atoms with van der Waals surface area (Å²) < 4.78 is 10.8. The van der Waals surface area contributed by atoms with E-state index in [0.29, 0.717) is 11.3 Å². The Balaban J connectivity index is 1.66. The zero-order valence-corrected chi connectivity index (χ0v) is 15.7. The summed E-state index contributed by atoms with van der Waals surface area (Å²) in [6, 6.07) is 13.8. The van der Waals surface area contributed by atoms with Gasteiger partial charge in [0.25, 0.3) is 5.91 Å². The summed E-state index contributed by atoms with van der Waals surface area (Å²) in [5.41, 5.74) is 9.81. The number of nitrogens with one attached hydrogen (secondary N) is 1. The Morgan fingerprint density at radius 3 is 2.63 bits per heavy atom. The SMILES string of the molecule is C=C(CCCc1ccc(OC)cc1)Nc1c(C(N)=O)oc2cc(C)ccc12. The average molecular weight is 364 g/mol. The summed E-state index contributed by atoms with van der Waals surface area (Å²) in [7, 11) is 1.66. The van der Waals surface area contributed by atoms with Crippen molar-refractivity contribution in [1.82, 2.24) is 0 Å². The molecule has 0 atom stereocenters. The molecule has 1 amide bonds. The van der Waals surface area contributed by atoms with Crippen molar-refractivity contribution in [2.45, 2.75) is 26.2 Å². The number of amides is 1. The summed E-state index contributed by atoms with van der Waals surface area (Å²) >= 11 is 0. The number of carbonyl (C=O) groups excluding carboxylic acids is 1. The van der Waals surface area contributed by atoms with Crippen molar-refractivity contribution in [3.63, 3.8) is 0 Å². The minimum Gasteiger partial charge on any atom is -0.497 e. The number of methoxy groups -OCH3 is 1. The number of hydrogen-bond acceptors (Lipinski definition) is 4. The summed E-state index contributed by atoms with van der Waals surface area (Å²) in [6.45, 7) is 6.06. The minimum absolute atomic E-state index is 0.131. The first-order chi connectivity index (χ1) is 13.0. The van der Waals surface area contributed by atoms with Crippen molar-refractivity contribution in [3.05, 3.63) is 71.6 Å². The molecule has 0 bridgehead atoms. The smallest absolute Gasteiger partial charge is 0.286 e. The van der Waals surface area contributed by atoms with Crippen LogP contribution in [0.25, 0.3) is 11.0 Å². The lowest BCUT2D eigenvalue weighted by atomic mass is 10.1. The molecule has 140 valence electrons. The van der Waals surface area contributed by atoms with Crippen LogP contribution in [-0.2, 0) is 6.42 Å². The molecule has 27 heavy (non-hydrogen) atoms. The van der Waals surface area contributed by atoms with Crippen LogP contribution >= 0.6 is 0 Å². The fourth-order valence-corrected chi connectivity index (χ4v) is 3.04. The van der Waals surface area contributed by atoms with Gasteiger partial charge >= 0.3 is 0 Å². The first kappa shape index (κ1) is 18.6. The van der Waals surface area contributed by atoms with Gasteiger partial charge in [0, 0.05) is 11.1 Å². The van der Waals surface area contributed by atoms with Crippen molar-refractivity contribution in [2.24, 2.45) is 5.73 Å². The summed E-state index contributed by atoms with van der Waals surface area (Å²) in [6.07, 6.45) is 2.63. The predicted molar refractivity (Wildman–Crippen MR) is 108 cm³/mol. The molecular weight excluding hydrogens is 340 g/mol. The number of fused-ring (bicyclic) bond motifs is 1. The van der Waals surface area contributed by atoms with Gasteiger partial charge in [0.05, 0.1) is 12.8 Å².